The molecule has 0 aliphatic rings. The predicted octanol–water partition coefficient (Wildman–Crippen LogP) is 4.90. The van der Waals surface area contributed by atoms with Crippen LogP contribution in [-0.4, -0.2) is 30.0 Å². The highest BCUT2D eigenvalue weighted by Crippen LogP contribution is 2.22. The minimum Gasteiger partial charge on any atom is -0.494 e. The van der Waals surface area contributed by atoms with Crippen LogP contribution in [0.3, 0.4) is 0 Å². The molecule has 0 saturated heterocycles. The van der Waals surface area contributed by atoms with Gasteiger partial charge in [0.05, 0.1) is 32.3 Å². The predicted molar refractivity (Wildman–Crippen MR) is 108 cm³/mol. The third-order valence-corrected chi connectivity index (χ3v) is 3.48. The van der Waals surface area contributed by atoms with Crippen LogP contribution in [0.4, 0.5) is 11.4 Å². The van der Waals surface area contributed by atoms with Gasteiger partial charge in [-0.1, -0.05) is 19.2 Å². The van der Waals surface area contributed by atoms with Crippen molar-refractivity contribution in [1.82, 2.24) is 0 Å². The fourth-order valence-corrected chi connectivity index (χ4v) is 1.94. The van der Waals surface area contributed by atoms with Gasteiger partial charge < -0.3 is 14.9 Å². The number of nitrogens with zero attached hydrogens (tertiary/aromatic N) is 3. The maximum atomic E-state index is 9.23. The van der Waals surface area contributed by atoms with Crippen LogP contribution < -0.4 is 4.74 Å². The van der Waals surface area contributed by atoms with Crippen LogP contribution in [0.25, 0.3) is 0 Å². The van der Waals surface area contributed by atoms with E-state index in [0.29, 0.717) is 16.9 Å². The second kappa shape index (κ2) is 12.6. The van der Waals surface area contributed by atoms with Gasteiger partial charge in [-0.05, 0) is 61.3 Å². The molecule has 0 unspecified atom stereocenters. The molecule has 0 aliphatic carbocycles. The number of aliphatic hydroxyl groups excluding tert-OH is 2. The van der Waals surface area contributed by atoms with Gasteiger partial charge in [-0.15, -0.1) is 0 Å². The molecule has 6 nitrogen and oxygen atoms in total. The Hall–Kier alpha value is -2.75. The monoisotopic (exact) mass is 389 g/mol. The SMILES string of the molecule is [2H]C([2H])(CCC([2H])([2H])C([2H])([2H])C(CO)CO)C([2H])([2H])Oc1ccc(N=Nc2ccc(C#N)cc2)cc1. The molecule has 0 bridgehead atoms. The molecule has 0 saturated carbocycles. The van der Waals surface area contributed by atoms with Crippen molar-refractivity contribution in [2.75, 3.05) is 19.8 Å². The summed E-state index contributed by atoms with van der Waals surface area (Å²) in [6.45, 7) is -4.50. The molecular formula is C22H27N3O3. The number of ether oxygens (including phenoxy) is 1. The van der Waals surface area contributed by atoms with Gasteiger partial charge in [-0.25, -0.2) is 0 Å². The molecule has 0 radical (unpaired) electrons. The second-order valence-electron chi connectivity index (χ2n) is 5.62. The molecule has 2 aromatic carbocycles. The fraction of sp³-hybridized carbons (Fsp3) is 0.409. The Kier molecular flexibility index (Phi) is 5.70. The Labute approximate surface area is 177 Å². The normalized spacial score (nSPS) is 17.4. The van der Waals surface area contributed by atoms with Crippen LogP contribution in [0, 0.1) is 17.2 Å². The zero-order valence-corrected chi connectivity index (χ0v) is 15.2. The van der Waals surface area contributed by atoms with Gasteiger partial charge in [-0.3, -0.25) is 0 Å². The quantitative estimate of drug-likeness (QED) is 0.504. The summed E-state index contributed by atoms with van der Waals surface area (Å²) in [4.78, 5) is 0. The lowest BCUT2D eigenvalue weighted by Gasteiger charge is -2.10. The van der Waals surface area contributed by atoms with Crippen LogP contribution in [0.1, 0.15) is 48.5 Å². The van der Waals surface area contributed by atoms with E-state index in [1.165, 1.54) is 24.3 Å². The van der Waals surface area contributed by atoms with Crippen molar-refractivity contribution in [3.05, 3.63) is 54.1 Å². The van der Waals surface area contributed by atoms with Crippen molar-refractivity contribution in [2.24, 2.45) is 16.1 Å². The average molecular weight is 390 g/mol. The molecule has 0 aromatic heterocycles. The molecule has 148 valence electrons. The maximum absolute atomic E-state index is 9.23. The number of hydrogen-bond acceptors (Lipinski definition) is 6. The van der Waals surface area contributed by atoms with Crippen LogP contribution >= 0.6 is 0 Å². The average Bonchev–Trinajstić information content (AvgIpc) is 2.83. The largest absolute Gasteiger partial charge is 0.494 e. The van der Waals surface area contributed by atoms with Gasteiger partial charge in [0.15, 0.2) is 0 Å². The van der Waals surface area contributed by atoms with Gasteiger partial charge in [0, 0.05) is 27.4 Å². The summed E-state index contributed by atoms with van der Waals surface area (Å²) < 4.78 is 69.5. The van der Waals surface area contributed by atoms with Crippen LogP contribution in [0.2, 0.25) is 0 Å². The molecule has 2 aromatic rings. The molecule has 6 heteroatoms. The molecule has 0 aliphatic heterocycles. The Morgan fingerprint density at radius 1 is 0.929 bits per heavy atom. The Morgan fingerprint density at radius 2 is 1.50 bits per heavy atom. The van der Waals surface area contributed by atoms with Gasteiger partial charge in [0.25, 0.3) is 0 Å². The smallest absolute Gasteiger partial charge is 0.119 e. The van der Waals surface area contributed by atoms with E-state index in [2.05, 4.69) is 10.2 Å². The van der Waals surface area contributed by atoms with Crippen molar-refractivity contribution in [2.45, 2.75) is 32.0 Å². The van der Waals surface area contributed by atoms with E-state index in [1.807, 2.05) is 6.07 Å². The third kappa shape index (κ3) is 7.87. The van der Waals surface area contributed by atoms with E-state index in [0.717, 1.165) is 0 Å². The topological polar surface area (TPSA) is 98.2 Å². The lowest BCUT2D eigenvalue weighted by molar-refractivity contribution is 0.141. The molecule has 2 rings (SSSR count). The highest BCUT2D eigenvalue weighted by atomic mass is 16.5. The summed E-state index contributed by atoms with van der Waals surface area (Å²) >= 11 is 0. The van der Waals surface area contributed by atoms with Crippen molar-refractivity contribution in [3.63, 3.8) is 0 Å². The Balaban J connectivity index is 2.06. The second-order valence-corrected chi connectivity index (χ2v) is 5.62. The van der Waals surface area contributed by atoms with Crippen molar-refractivity contribution < 1.29 is 25.9 Å². The van der Waals surface area contributed by atoms with E-state index in [-0.39, 0.29) is 5.75 Å². The third-order valence-electron chi connectivity index (χ3n) is 3.48. The van der Waals surface area contributed by atoms with Crippen molar-refractivity contribution in [3.8, 4) is 11.8 Å². The Bertz CT molecular complexity index is 1070. The first-order chi connectivity index (χ1) is 16.7. The van der Waals surface area contributed by atoms with E-state index in [9.17, 15) is 10.2 Å². The molecule has 28 heavy (non-hydrogen) atoms. The molecule has 0 fully saturated rings. The standard InChI is InChI=1S/C22H27N3O3/c23-15-18-6-8-20(9-7-18)24-25-21-10-12-22(13-11-21)28-14-4-2-1-3-5-19(16-26)17-27/h6-13,19,26-27H,1-5,14,16-17H2/i3D2,4D2,5D2,14D2. The fourth-order valence-electron chi connectivity index (χ4n) is 1.94. The zero-order chi connectivity index (χ0) is 27.2. The van der Waals surface area contributed by atoms with E-state index >= 15 is 0 Å². The van der Waals surface area contributed by atoms with Gasteiger partial charge >= 0.3 is 0 Å². The minimum absolute atomic E-state index is 0.0137. The number of rotatable bonds is 12. The summed E-state index contributed by atoms with van der Waals surface area (Å²) in [5.74, 6) is -1.43. The molecule has 0 spiro atoms. The maximum Gasteiger partial charge on any atom is 0.119 e. The molecule has 0 heterocycles. The Morgan fingerprint density at radius 3 is 2.07 bits per heavy atom. The summed E-state index contributed by atoms with van der Waals surface area (Å²) in [6, 6.07) is 14.1. The molecule has 0 amide bonds. The summed E-state index contributed by atoms with van der Waals surface area (Å²) in [7, 11) is 0. The van der Waals surface area contributed by atoms with E-state index in [4.69, 9.17) is 21.0 Å². The van der Waals surface area contributed by atoms with Gasteiger partial charge in [0.2, 0.25) is 0 Å². The lowest BCUT2D eigenvalue weighted by Crippen LogP contribution is -2.10. The van der Waals surface area contributed by atoms with Gasteiger partial charge in [0.1, 0.15) is 5.75 Å². The number of azo groups is 1. The number of hydrogen-bond donors (Lipinski definition) is 2. The summed E-state index contributed by atoms with van der Waals surface area (Å²) in [6.07, 6.45) is -9.50. The first kappa shape index (κ1) is 12.7. The molecule has 2 N–H and O–H groups in total. The van der Waals surface area contributed by atoms with E-state index < -0.39 is 57.7 Å². The first-order valence-corrected chi connectivity index (χ1v) is 8.62. The first-order valence-electron chi connectivity index (χ1n) is 12.6. The summed E-state index contributed by atoms with van der Waals surface area (Å²) in [5, 5.41) is 35.3. The molecular weight excluding hydrogens is 354 g/mol. The highest BCUT2D eigenvalue weighted by molar-refractivity contribution is 5.44. The number of aliphatic hydroxyl groups is 2. The molecule has 0 atom stereocenters. The minimum atomic E-state index is -2.89. The van der Waals surface area contributed by atoms with Crippen LogP contribution in [-0.2, 0) is 0 Å². The van der Waals surface area contributed by atoms with Crippen LogP contribution in [0.15, 0.2) is 58.8 Å². The van der Waals surface area contributed by atoms with Gasteiger partial charge in [-0.2, -0.15) is 15.5 Å². The van der Waals surface area contributed by atoms with Crippen LogP contribution in [0.5, 0.6) is 5.75 Å². The summed E-state index contributed by atoms with van der Waals surface area (Å²) in [5.41, 5.74) is 1.42. The number of benzene rings is 2. The van der Waals surface area contributed by atoms with Crippen molar-refractivity contribution in [1.29, 1.82) is 5.26 Å². The van der Waals surface area contributed by atoms with Crippen molar-refractivity contribution >= 4 is 11.4 Å². The zero-order valence-electron chi connectivity index (χ0n) is 23.2. The lowest BCUT2D eigenvalue weighted by atomic mass is 10.0. The number of nitriles is 1. The van der Waals surface area contributed by atoms with E-state index in [1.54, 1.807) is 24.3 Å². The highest BCUT2D eigenvalue weighted by Gasteiger charge is 2.04.